The highest BCUT2D eigenvalue weighted by Gasteiger charge is 2.08. The van der Waals surface area contributed by atoms with Crippen molar-refractivity contribution < 1.29 is 5.21 Å². The minimum atomic E-state index is 0.328. The Labute approximate surface area is 112 Å². The highest BCUT2D eigenvalue weighted by atomic mass is 16.4. The van der Waals surface area contributed by atoms with Gasteiger partial charge in [-0.05, 0) is 18.9 Å². The molecule has 0 atom stereocenters. The number of nitrogens with zero attached hydrogens (tertiary/aromatic N) is 2. The van der Waals surface area contributed by atoms with Gasteiger partial charge in [0.1, 0.15) is 5.84 Å². The molecule has 3 N–H and O–H groups in total. The number of oxime groups is 1. The van der Waals surface area contributed by atoms with Crippen LogP contribution in [0.25, 0.3) is 0 Å². The summed E-state index contributed by atoms with van der Waals surface area (Å²) in [5, 5.41) is 11.6. The van der Waals surface area contributed by atoms with E-state index in [2.05, 4.69) is 30.8 Å². The van der Waals surface area contributed by atoms with Crippen LogP contribution in [0.4, 0.5) is 0 Å². The van der Waals surface area contributed by atoms with E-state index in [0.717, 1.165) is 19.6 Å². The van der Waals surface area contributed by atoms with E-state index in [4.69, 9.17) is 10.9 Å². The third-order valence-electron chi connectivity index (χ3n) is 3.01. The smallest absolute Gasteiger partial charge is 0.140 e. The second-order valence-electron chi connectivity index (χ2n) is 5.45. The molecule has 0 radical (unpaired) electrons. The topological polar surface area (TPSA) is 61.8 Å². The van der Waals surface area contributed by atoms with E-state index in [-0.39, 0.29) is 0 Å². The van der Waals surface area contributed by atoms with E-state index < -0.39 is 0 Å². The molecular formula is C14H31N3O. The van der Waals surface area contributed by atoms with Gasteiger partial charge in [-0.2, -0.15) is 0 Å². The Kier molecular flexibility index (Phi) is 10.8. The van der Waals surface area contributed by atoms with Crippen LogP contribution in [-0.2, 0) is 0 Å². The molecule has 0 aromatic carbocycles. The standard InChI is InChI=1S/C14H31N3O/c1-4-5-6-7-8-10-17(12-13(2)3)11-9-14(15)16-18/h13,18H,4-12H2,1-3H3,(H2,15,16). The largest absolute Gasteiger partial charge is 0.409 e. The van der Waals surface area contributed by atoms with Crippen molar-refractivity contribution in [3.05, 3.63) is 0 Å². The molecule has 0 amide bonds. The Hall–Kier alpha value is -0.770. The molecule has 0 heterocycles. The van der Waals surface area contributed by atoms with Gasteiger partial charge in [-0.15, -0.1) is 0 Å². The lowest BCUT2D eigenvalue weighted by molar-refractivity contribution is 0.243. The van der Waals surface area contributed by atoms with Crippen LogP contribution >= 0.6 is 0 Å². The summed E-state index contributed by atoms with van der Waals surface area (Å²) in [6.07, 6.45) is 7.19. The monoisotopic (exact) mass is 257 g/mol. The zero-order valence-electron chi connectivity index (χ0n) is 12.4. The van der Waals surface area contributed by atoms with Gasteiger partial charge in [-0.3, -0.25) is 0 Å². The van der Waals surface area contributed by atoms with Crippen LogP contribution in [0.2, 0.25) is 0 Å². The van der Waals surface area contributed by atoms with Crippen LogP contribution < -0.4 is 5.73 Å². The zero-order valence-corrected chi connectivity index (χ0v) is 12.4. The fraction of sp³-hybridized carbons (Fsp3) is 0.929. The number of rotatable bonds is 11. The molecule has 0 saturated carbocycles. The first kappa shape index (κ1) is 17.2. The number of amidine groups is 1. The third-order valence-corrected chi connectivity index (χ3v) is 3.01. The molecule has 0 saturated heterocycles. The van der Waals surface area contributed by atoms with E-state index in [1.165, 1.54) is 32.1 Å². The first-order chi connectivity index (χ1) is 8.60. The highest BCUT2D eigenvalue weighted by molar-refractivity contribution is 5.79. The molecule has 0 aliphatic heterocycles. The van der Waals surface area contributed by atoms with Gasteiger partial charge in [0, 0.05) is 19.5 Å². The van der Waals surface area contributed by atoms with Crippen LogP contribution in [0.1, 0.15) is 59.3 Å². The maximum Gasteiger partial charge on any atom is 0.140 e. The summed E-state index contributed by atoms with van der Waals surface area (Å²) >= 11 is 0. The molecule has 108 valence electrons. The summed E-state index contributed by atoms with van der Waals surface area (Å²) in [7, 11) is 0. The van der Waals surface area contributed by atoms with Gasteiger partial charge in [-0.1, -0.05) is 51.6 Å². The molecule has 0 bridgehead atoms. The Bertz CT molecular complexity index is 217. The minimum absolute atomic E-state index is 0.328. The van der Waals surface area contributed by atoms with Crippen LogP contribution in [0, 0.1) is 5.92 Å². The highest BCUT2D eigenvalue weighted by Crippen LogP contribution is 2.06. The summed E-state index contributed by atoms with van der Waals surface area (Å²) in [5.41, 5.74) is 5.52. The molecular weight excluding hydrogens is 226 g/mol. The second kappa shape index (κ2) is 11.3. The summed E-state index contributed by atoms with van der Waals surface area (Å²) in [4.78, 5) is 2.43. The van der Waals surface area contributed by atoms with E-state index >= 15 is 0 Å². The number of unbranched alkanes of at least 4 members (excludes halogenated alkanes) is 4. The van der Waals surface area contributed by atoms with Crippen molar-refractivity contribution in [2.24, 2.45) is 16.8 Å². The van der Waals surface area contributed by atoms with Gasteiger partial charge in [0.05, 0.1) is 0 Å². The maximum absolute atomic E-state index is 8.55. The molecule has 0 aromatic heterocycles. The first-order valence-corrected chi connectivity index (χ1v) is 7.28. The molecule has 0 fully saturated rings. The van der Waals surface area contributed by atoms with E-state index in [9.17, 15) is 0 Å². The zero-order chi connectivity index (χ0) is 13.8. The lowest BCUT2D eigenvalue weighted by Gasteiger charge is -2.24. The molecule has 0 aliphatic rings. The van der Waals surface area contributed by atoms with Crippen LogP contribution in [-0.4, -0.2) is 35.6 Å². The Morgan fingerprint density at radius 1 is 1.17 bits per heavy atom. The molecule has 0 rings (SSSR count). The predicted molar refractivity (Wildman–Crippen MR) is 78.1 cm³/mol. The normalized spacial score (nSPS) is 12.6. The van der Waals surface area contributed by atoms with Crippen molar-refractivity contribution in [2.45, 2.75) is 59.3 Å². The van der Waals surface area contributed by atoms with Gasteiger partial charge in [-0.25, -0.2) is 0 Å². The van der Waals surface area contributed by atoms with Crippen LogP contribution in [0.3, 0.4) is 0 Å². The van der Waals surface area contributed by atoms with Crippen molar-refractivity contribution in [2.75, 3.05) is 19.6 Å². The summed E-state index contributed by atoms with van der Waals surface area (Å²) in [6.45, 7) is 9.80. The van der Waals surface area contributed by atoms with Crippen molar-refractivity contribution in [1.82, 2.24) is 4.90 Å². The molecule has 0 unspecified atom stereocenters. The van der Waals surface area contributed by atoms with Crippen molar-refractivity contribution in [3.63, 3.8) is 0 Å². The SMILES string of the molecule is CCCCCCCN(CCC(N)=NO)CC(C)C. The van der Waals surface area contributed by atoms with Gasteiger partial charge >= 0.3 is 0 Å². The fourth-order valence-electron chi connectivity index (χ4n) is 2.07. The van der Waals surface area contributed by atoms with Crippen molar-refractivity contribution >= 4 is 5.84 Å². The maximum atomic E-state index is 8.55. The van der Waals surface area contributed by atoms with Crippen LogP contribution in [0.15, 0.2) is 5.16 Å². The summed E-state index contributed by atoms with van der Waals surface area (Å²) in [6, 6.07) is 0. The third kappa shape index (κ3) is 10.4. The fourth-order valence-corrected chi connectivity index (χ4v) is 2.07. The number of hydrogen-bond donors (Lipinski definition) is 2. The molecule has 18 heavy (non-hydrogen) atoms. The summed E-state index contributed by atoms with van der Waals surface area (Å²) < 4.78 is 0. The number of nitrogens with two attached hydrogens (primary N) is 1. The molecule has 4 heteroatoms. The van der Waals surface area contributed by atoms with E-state index in [1.807, 2.05) is 0 Å². The quantitative estimate of drug-likeness (QED) is 0.197. The predicted octanol–water partition coefficient (Wildman–Crippen LogP) is 3.05. The number of hydrogen-bond acceptors (Lipinski definition) is 3. The van der Waals surface area contributed by atoms with Gasteiger partial charge in [0.2, 0.25) is 0 Å². The van der Waals surface area contributed by atoms with Gasteiger partial charge in [0.25, 0.3) is 0 Å². The van der Waals surface area contributed by atoms with Gasteiger partial charge in [0.15, 0.2) is 0 Å². The molecule has 0 spiro atoms. The molecule has 0 aliphatic carbocycles. The Morgan fingerprint density at radius 2 is 1.83 bits per heavy atom. The average molecular weight is 257 g/mol. The second-order valence-corrected chi connectivity index (χ2v) is 5.45. The average Bonchev–Trinajstić information content (AvgIpc) is 2.34. The molecule has 4 nitrogen and oxygen atoms in total. The summed E-state index contributed by atoms with van der Waals surface area (Å²) in [5.74, 6) is 0.989. The molecule has 0 aromatic rings. The van der Waals surface area contributed by atoms with E-state index in [1.54, 1.807) is 0 Å². The van der Waals surface area contributed by atoms with Gasteiger partial charge < -0.3 is 15.8 Å². The minimum Gasteiger partial charge on any atom is -0.409 e. The van der Waals surface area contributed by atoms with E-state index in [0.29, 0.717) is 18.2 Å². The Balaban J connectivity index is 3.84. The lowest BCUT2D eigenvalue weighted by Crippen LogP contribution is -2.32. The lowest BCUT2D eigenvalue weighted by atomic mass is 10.1. The van der Waals surface area contributed by atoms with Crippen molar-refractivity contribution in [1.29, 1.82) is 0 Å². The van der Waals surface area contributed by atoms with Crippen molar-refractivity contribution in [3.8, 4) is 0 Å². The van der Waals surface area contributed by atoms with Crippen LogP contribution in [0.5, 0.6) is 0 Å². The Morgan fingerprint density at radius 3 is 2.39 bits per heavy atom. The first-order valence-electron chi connectivity index (χ1n) is 7.28.